The molecule has 0 saturated carbocycles. The Kier molecular flexibility index (Phi) is 3.28. The smallest absolute Gasteiger partial charge is 0.144 e. The minimum atomic E-state index is 0.558. The summed E-state index contributed by atoms with van der Waals surface area (Å²) in [4.78, 5) is 4.61. The fourth-order valence-electron chi connectivity index (χ4n) is 2.40. The van der Waals surface area contributed by atoms with Crippen LogP contribution in [-0.4, -0.2) is 16.7 Å². The van der Waals surface area contributed by atoms with Crippen LogP contribution in [0.4, 0.5) is 0 Å². The summed E-state index contributed by atoms with van der Waals surface area (Å²) in [5.74, 6) is 1.39. The van der Waals surface area contributed by atoms with Crippen molar-refractivity contribution in [2.75, 3.05) is 7.11 Å². The van der Waals surface area contributed by atoms with Crippen LogP contribution in [0.1, 0.15) is 5.56 Å². The molecule has 0 saturated heterocycles. The Hall–Kier alpha value is -2.51. The first-order chi connectivity index (χ1) is 10.2. The number of benzene rings is 2. The normalized spacial score (nSPS) is 10.6. The SMILES string of the molecule is COc1cc(Cl)ccc1-c1nc2c(C#N)cccc2n1C. The van der Waals surface area contributed by atoms with Crippen LogP contribution in [0, 0.1) is 11.3 Å². The highest BCUT2D eigenvalue weighted by Crippen LogP contribution is 2.33. The molecule has 4 nitrogen and oxygen atoms in total. The van der Waals surface area contributed by atoms with Gasteiger partial charge in [0, 0.05) is 12.1 Å². The molecule has 0 spiro atoms. The largest absolute Gasteiger partial charge is 0.496 e. The zero-order valence-corrected chi connectivity index (χ0v) is 12.3. The number of nitrogens with zero attached hydrogens (tertiary/aromatic N) is 3. The van der Waals surface area contributed by atoms with Crippen LogP contribution in [-0.2, 0) is 7.05 Å². The first-order valence-corrected chi connectivity index (χ1v) is 6.73. The Balaban J connectivity index is 2.32. The van der Waals surface area contributed by atoms with Gasteiger partial charge in [-0.15, -0.1) is 0 Å². The third-order valence-electron chi connectivity index (χ3n) is 3.44. The van der Waals surface area contributed by atoms with Crippen molar-refractivity contribution in [3.8, 4) is 23.2 Å². The molecule has 3 rings (SSSR count). The Bertz CT molecular complexity index is 877. The number of hydrogen-bond donors (Lipinski definition) is 0. The van der Waals surface area contributed by atoms with E-state index in [0.29, 0.717) is 21.9 Å². The summed E-state index contributed by atoms with van der Waals surface area (Å²) < 4.78 is 7.33. The number of imidazole rings is 1. The summed E-state index contributed by atoms with van der Waals surface area (Å²) in [5, 5.41) is 9.81. The maximum absolute atomic E-state index is 9.20. The van der Waals surface area contributed by atoms with Crippen molar-refractivity contribution >= 4 is 22.6 Å². The van der Waals surface area contributed by atoms with Gasteiger partial charge in [0.05, 0.1) is 23.8 Å². The first-order valence-electron chi connectivity index (χ1n) is 6.35. The summed E-state index contributed by atoms with van der Waals surface area (Å²) in [6.45, 7) is 0. The number of para-hydroxylation sites is 1. The van der Waals surface area contributed by atoms with Crippen LogP contribution in [0.2, 0.25) is 5.02 Å². The highest BCUT2D eigenvalue weighted by Gasteiger charge is 2.16. The molecule has 1 heterocycles. The number of ether oxygens (including phenoxy) is 1. The molecule has 1 aromatic heterocycles. The lowest BCUT2D eigenvalue weighted by atomic mass is 10.2. The van der Waals surface area contributed by atoms with Crippen LogP contribution in [0.5, 0.6) is 5.75 Å². The molecule has 21 heavy (non-hydrogen) atoms. The molecule has 2 aromatic carbocycles. The topological polar surface area (TPSA) is 50.8 Å². The van der Waals surface area contributed by atoms with E-state index in [1.54, 1.807) is 25.3 Å². The number of hydrogen-bond acceptors (Lipinski definition) is 3. The van der Waals surface area contributed by atoms with E-state index < -0.39 is 0 Å². The number of aryl methyl sites for hydroxylation is 1. The van der Waals surface area contributed by atoms with E-state index in [4.69, 9.17) is 16.3 Å². The molecule has 0 bridgehead atoms. The zero-order chi connectivity index (χ0) is 15.0. The van der Waals surface area contributed by atoms with Crippen molar-refractivity contribution in [3.05, 3.63) is 47.0 Å². The fraction of sp³-hybridized carbons (Fsp3) is 0.125. The number of rotatable bonds is 2. The van der Waals surface area contributed by atoms with Gasteiger partial charge in [0.25, 0.3) is 0 Å². The van der Waals surface area contributed by atoms with Crippen molar-refractivity contribution in [2.24, 2.45) is 7.05 Å². The van der Waals surface area contributed by atoms with E-state index in [1.165, 1.54) is 0 Å². The molecular formula is C16H12ClN3O. The minimum absolute atomic E-state index is 0.558. The maximum atomic E-state index is 9.20. The third-order valence-corrected chi connectivity index (χ3v) is 3.67. The standard InChI is InChI=1S/C16H12ClN3O/c1-20-13-5-3-4-10(9-18)15(13)19-16(20)12-7-6-11(17)8-14(12)21-2/h3-8H,1-2H3. The molecule has 0 radical (unpaired) electrons. The number of halogens is 1. The number of fused-ring (bicyclic) bond motifs is 1. The van der Waals surface area contributed by atoms with Gasteiger partial charge in [-0.25, -0.2) is 4.98 Å². The summed E-state index contributed by atoms with van der Waals surface area (Å²) in [7, 11) is 3.51. The second-order valence-electron chi connectivity index (χ2n) is 4.62. The fourth-order valence-corrected chi connectivity index (χ4v) is 2.56. The second-order valence-corrected chi connectivity index (χ2v) is 5.06. The molecule has 3 aromatic rings. The van der Waals surface area contributed by atoms with Crippen LogP contribution >= 0.6 is 11.6 Å². The number of aromatic nitrogens is 2. The van der Waals surface area contributed by atoms with Crippen LogP contribution in [0.15, 0.2) is 36.4 Å². The Morgan fingerprint density at radius 3 is 2.81 bits per heavy atom. The Morgan fingerprint density at radius 1 is 1.29 bits per heavy atom. The number of nitriles is 1. The number of methoxy groups -OCH3 is 1. The predicted octanol–water partition coefficient (Wildman–Crippen LogP) is 3.77. The van der Waals surface area contributed by atoms with Gasteiger partial charge in [0.1, 0.15) is 23.2 Å². The lowest BCUT2D eigenvalue weighted by Crippen LogP contribution is -1.95. The highest BCUT2D eigenvalue weighted by molar-refractivity contribution is 6.30. The Labute approximate surface area is 127 Å². The first kappa shape index (κ1) is 13.5. The monoisotopic (exact) mass is 297 g/mol. The van der Waals surface area contributed by atoms with Gasteiger partial charge in [0.15, 0.2) is 0 Å². The van der Waals surface area contributed by atoms with Crippen LogP contribution < -0.4 is 4.74 Å². The zero-order valence-electron chi connectivity index (χ0n) is 11.6. The summed E-state index contributed by atoms with van der Waals surface area (Å²) >= 11 is 6.00. The molecule has 0 unspecified atom stereocenters. The minimum Gasteiger partial charge on any atom is -0.496 e. The molecular weight excluding hydrogens is 286 g/mol. The molecule has 0 aliphatic heterocycles. The molecule has 104 valence electrons. The van der Waals surface area contributed by atoms with Crippen LogP contribution in [0.3, 0.4) is 0 Å². The molecule has 0 fully saturated rings. The van der Waals surface area contributed by atoms with Gasteiger partial charge in [-0.05, 0) is 30.3 Å². The molecule has 0 aliphatic carbocycles. The van der Waals surface area contributed by atoms with Gasteiger partial charge in [0.2, 0.25) is 0 Å². The van der Waals surface area contributed by atoms with Crippen molar-refractivity contribution in [2.45, 2.75) is 0 Å². The summed E-state index contributed by atoms with van der Waals surface area (Å²) in [5.41, 5.74) is 2.99. The second kappa shape index (κ2) is 5.12. The molecule has 0 aliphatic rings. The average molecular weight is 298 g/mol. The van der Waals surface area contributed by atoms with E-state index >= 15 is 0 Å². The Morgan fingerprint density at radius 2 is 2.10 bits per heavy atom. The van der Waals surface area contributed by atoms with E-state index in [-0.39, 0.29) is 0 Å². The quantitative estimate of drug-likeness (QED) is 0.723. The average Bonchev–Trinajstić information content (AvgIpc) is 2.84. The van der Waals surface area contributed by atoms with E-state index in [2.05, 4.69) is 11.1 Å². The van der Waals surface area contributed by atoms with Crippen molar-refractivity contribution in [1.29, 1.82) is 5.26 Å². The third kappa shape index (κ3) is 2.12. The molecule has 0 N–H and O–H groups in total. The summed E-state index contributed by atoms with van der Waals surface area (Å²) in [6.07, 6.45) is 0. The highest BCUT2D eigenvalue weighted by atomic mass is 35.5. The van der Waals surface area contributed by atoms with Crippen LogP contribution in [0.25, 0.3) is 22.4 Å². The van der Waals surface area contributed by atoms with Gasteiger partial charge >= 0.3 is 0 Å². The molecule has 0 atom stereocenters. The molecule has 5 heteroatoms. The van der Waals surface area contributed by atoms with Crippen molar-refractivity contribution in [3.63, 3.8) is 0 Å². The van der Waals surface area contributed by atoms with Crippen molar-refractivity contribution < 1.29 is 4.74 Å². The van der Waals surface area contributed by atoms with Gasteiger partial charge in [-0.2, -0.15) is 5.26 Å². The van der Waals surface area contributed by atoms with Gasteiger partial charge in [-0.3, -0.25) is 0 Å². The van der Waals surface area contributed by atoms with Gasteiger partial charge < -0.3 is 9.30 Å². The lowest BCUT2D eigenvalue weighted by molar-refractivity contribution is 0.416. The lowest BCUT2D eigenvalue weighted by Gasteiger charge is -2.08. The van der Waals surface area contributed by atoms with Crippen molar-refractivity contribution in [1.82, 2.24) is 9.55 Å². The van der Waals surface area contributed by atoms with Gasteiger partial charge in [-0.1, -0.05) is 17.7 Å². The van der Waals surface area contributed by atoms with E-state index in [0.717, 1.165) is 16.9 Å². The van der Waals surface area contributed by atoms with E-state index in [9.17, 15) is 5.26 Å². The van der Waals surface area contributed by atoms with E-state index in [1.807, 2.05) is 29.8 Å². The summed E-state index contributed by atoms with van der Waals surface area (Å²) in [6, 6.07) is 13.1. The predicted molar refractivity (Wildman–Crippen MR) is 82.4 cm³/mol. The molecule has 0 amide bonds. The maximum Gasteiger partial charge on any atom is 0.144 e.